The van der Waals surface area contributed by atoms with Gasteiger partial charge in [0.1, 0.15) is 6.04 Å². The minimum Gasteiger partial charge on any atom is -0.480 e. The number of halogens is 2. The number of hydrogen-bond donors (Lipinski definition) is 3. The molecule has 1 aromatic carbocycles. The van der Waals surface area contributed by atoms with Crippen LogP contribution in [0, 0.1) is 3.57 Å². The molecule has 19 heavy (non-hydrogen) atoms. The molecule has 1 atom stereocenters. The van der Waals surface area contributed by atoms with Crippen LogP contribution >= 0.6 is 34.2 Å². The van der Waals surface area contributed by atoms with Crippen LogP contribution < -0.4 is 11.1 Å². The van der Waals surface area contributed by atoms with Crippen LogP contribution in [-0.2, 0) is 9.59 Å². The highest BCUT2D eigenvalue weighted by Crippen LogP contribution is 2.18. The summed E-state index contributed by atoms with van der Waals surface area (Å²) in [6.45, 7) is 0. The van der Waals surface area contributed by atoms with Crippen molar-refractivity contribution < 1.29 is 19.5 Å². The molecule has 0 fully saturated rings. The van der Waals surface area contributed by atoms with E-state index < -0.39 is 30.2 Å². The van der Waals surface area contributed by atoms with Crippen LogP contribution in [0.3, 0.4) is 0 Å². The maximum atomic E-state index is 11.9. The van der Waals surface area contributed by atoms with Gasteiger partial charge in [-0.15, -0.1) is 0 Å². The predicted octanol–water partition coefficient (Wildman–Crippen LogP) is 1.00. The van der Waals surface area contributed by atoms with Crippen molar-refractivity contribution in [3.63, 3.8) is 0 Å². The van der Waals surface area contributed by atoms with Gasteiger partial charge in [-0.25, -0.2) is 4.79 Å². The van der Waals surface area contributed by atoms with Crippen LogP contribution in [0.5, 0.6) is 0 Å². The topological polar surface area (TPSA) is 109 Å². The Labute approximate surface area is 127 Å². The quantitative estimate of drug-likeness (QED) is 0.645. The van der Waals surface area contributed by atoms with Gasteiger partial charge >= 0.3 is 5.97 Å². The molecule has 0 saturated carbocycles. The van der Waals surface area contributed by atoms with Crippen LogP contribution in [0.2, 0.25) is 5.02 Å². The van der Waals surface area contributed by atoms with Crippen LogP contribution in [-0.4, -0.2) is 28.9 Å². The highest BCUT2D eigenvalue weighted by atomic mass is 127. The average Bonchev–Trinajstić information content (AvgIpc) is 2.30. The Bertz CT molecular complexity index is 535. The summed E-state index contributed by atoms with van der Waals surface area (Å²) in [5.74, 6) is -2.77. The number of carboxylic acid groups (broad SMARTS) is 1. The van der Waals surface area contributed by atoms with E-state index in [0.717, 1.165) is 0 Å². The van der Waals surface area contributed by atoms with Gasteiger partial charge in [-0.1, -0.05) is 11.6 Å². The third-order valence-electron chi connectivity index (χ3n) is 2.18. The van der Waals surface area contributed by atoms with Crippen LogP contribution in [0.4, 0.5) is 0 Å². The molecule has 0 radical (unpaired) electrons. The largest absolute Gasteiger partial charge is 0.480 e. The Kier molecular flexibility index (Phi) is 5.55. The van der Waals surface area contributed by atoms with E-state index >= 15 is 0 Å². The third kappa shape index (κ3) is 4.67. The standard InChI is InChI=1S/C11H10ClIN2O4/c12-5-1-2-7(13)6(3-5)10(17)15-8(11(18)19)4-9(14)16/h1-3,8H,4H2,(H2,14,16)(H,15,17)(H,18,19)/t8-/m1/s1. The maximum Gasteiger partial charge on any atom is 0.326 e. The predicted molar refractivity (Wildman–Crippen MR) is 76.9 cm³/mol. The lowest BCUT2D eigenvalue weighted by molar-refractivity contribution is -0.140. The van der Waals surface area contributed by atoms with Gasteiger partial charge in [-0.05, 0) is 40.8 Å². The van der Waals surface area contributed by atoms with E-state index in [1.54, 1.807) is 12.1 Å². The van der Waals surface area contributed by atoms with Gasteiger partial charge in [0.05, 0.1) is 12.0 Å². The molecule has 0 aliphatic carbocycles. The Morgan fingerprint density at radius 1 is 1.42 bits per heavy atom. The first kappa shape index (κ1) is 15.7. The Balaban J connectivity index is 2.90. The van der Waals surface area contributed by atoms with Gasteiger partial charge < -0.3 is 16.2 Å². The molecule has 0 aliphatic heterocycles. The molecule has 0 aliphatic rings. The molecule has 0 heterocycles. The molecule has 1 aromatic rings. The zero-order chi connectivity index (χ0) is 14.6. The van der Waals surface area contributed by atoms with Crippen molar-refractivity contribution in [2.24, 2.45) is 5.73 Å². The minimum atomic E-state index is -1.36. The number of primary amides is 1. The first-order valence-corrected chi connectivity index (χ1v) is 6.54. The summed E-state index contributed by atoms with van der Waals surface area (Å²) in [6, 6.07) is 3.29. The molecule has 0 aromatic heterocycles. The molecule has 0 saturated heterocycles. The van der Waals surface area contributed by atoms with Gasteiger partial charge in [-0.3, -0.25) is 9.59 Å². The molecular formula is C11H10ClIN2O4. The Hall–Kier alpha value is -1.35. The van der Waals surface area contributed by atoms with Crippen molar-refractivity contribution in [2.75, 3.05) is 0 Å². The number of aliphatic carboxylic acids is 1. The lowest BCUT2D eigenvalue weighted by Crippen LogP contribution is -2.43. The SMILES string of the molecule is NC(=O)C[C@@H](NC(=O)c1cc(Cl)ccc1I)C(=O)O. The molecule has 2 amide bonds. The second-order valence-electron chi connectivity index (χ2n) is 3.66. The number of amides is 2. The van der Waals surface area contributed by atoms with E-state index in [9.17, 15) is 14.4 Å². The van der Waals surface area contributed by atoms with Gasteiger partial charge in [0, 0.05) is 8.59 Å². The van der Waals surface area contributed by atoms with Gasteiger partial charge in [0.15, 0.2) is 0 Å². The first-order chi connectivity index (χ1) is 8.81. The molecule has 102 valence electrons. The summed E-state index contributed by atoms with van der Waals surface area (Å²) < 4.78 is 0.614. The fourth-order valence-corrected chi connectivity index (χ4v) is 2.06. The summed E-state index contributed by atoms with van der Waals surface area (Å²) in [4.78, 5) is 33.6. The van der Waals surface area contributed by atoms with Gasteiger partial charge in [0.25, 0.3) is 5.91 Å². The van der Waals surface area contributed by atoms with Gasteiger partial charge in [0.2, 0.25) is 5.91 Å². The number of nitrogens with two attached hydrogens (primary N) is 1. The van der Waals surface area contributed by atoms with E-state index in [0.29, 0.717) is 8.59 Å². The molecule has 8 heteroatoms. The lowest BCUT2D eigenvalue weighted by Gasteiger charge is -2.13. The van der Waals surface area contributed by atoms with E-state index in [1.807, 2.05) is 22.6 Å². The summed E-state index contributed by atoms with van der Waals surface area (Å²) in [7, 11) is 0. The fourth-order valence-electron chi connectivity index (χ4n) is 1.31. The van der Waals surface area contributed by atoms with Crippen molar-refractivity contribution in [1.29, 1.82) is 0 Å². The van der Waals surface area contributed by atoms with E-state index in [-0.39, 0.29) is 5.56 Å². The molecule has 0 spiro atoms. The third-order valence-corrected chi connectivity index (χ3v) is 3.36. The number of hydrogen-bond acceptors (Lipinski definition) is 3. The second-order valence-corrected chi connectivity index (χ2v) is 5.26. The smallest absolute Gasteiger partial charge is 0.326 e. The van der Waals surface area contributed by atoms with Crippen LogP contribution in [0.15, 0.2) is 18.2 Å². The monoisotopic (exact) mass is 396 g/mol. The lowest BCUT2D eigenvalue weighted by atomic mass is 10.1. The molecule has 6 nitrogen and oxygen atoms in total. The van der Waals surface area contributed by atoms with Crippen molar-refractivity contribution >= 4 is 52.0 Å². The van der Waals surface area contributed by atoms with E-state index in [2.05, 4.69) is 5.32 Å². The zero-order valence-electron chi connectivity index (χ0n) is 9.52. The zero-order valence-corrected chi connectivity index (χ0v) is 12.4. The van der Waals surface area contributed by atoms with Crippen molar-refractivity contribution in [3.8, 4) is 0 Å². The fraction of sp³-hybridized carbons (Fsp3) is 0.182. The second kappa shape index (κ2) is 6.71. The summed E-state index contributed by atoms with van der Waals surface area (Å²) in [5, 5.41) is 11.5. The summed E-state index contributed by atoms with van der Waals surface area (Å²) in [5.41, 5.74) is 5.16. The molecular weight excluding hydrogens is 386 g/mol. The highest BCUT2D eigenvalue weighted by molar-refractivity contribution is 14.1. The summed E-state index contributed by atoms with van der Waals surface area (Å²) in [6.07, 6.45) is -0.474. The van der Waals surface area contributed by atoms with Crippen molar-refractivity contribution in [3.05, 3.63) is 32.4 Å². The highest BCUT2D eigenvalue weighted by Gasteiger charge is 2.23. The number of carbonyl (C=O) groups excluding carboxylic acids is 2. The normalized spacial score (nSPS) is 11.7. The van der Waals surface area contributed by atoms with Crippen molar-refractivity contribution in [1.82, 2.24) is 5.32 Å². The maximum absolute atomic E-state index is 11.9. The molecule has 4 N–H and O–H groups in total. The Morgan fingerprint density at radius 2 is 2.05 bits per heavy atom. The first-order valence-electron chi connectivity index (χ1n) is 5.08. The van der Waals surface area contributed by atoms with Gasteiger partial charge in [-0.2, -0.15) is 0 Å². The number of carboxylic acids is 1. The van der Waals surface area contributed by atoms with Crippen LogP contribution in [0.25, 0.3) is 0 Å². The molecule has 0 unspecified atom stereocenters. The summed E-state index contributed by atoms with van der Waals surface area (Å²) >= 11 is 7.69. The molecule has 0 bridgehead atoms. The average molecular weight is 397 g/mol. The van der Waals surface area contributed by atoms with E-state index in [4.69, 9.17) is 22.4 Å². The van der Waals surface area contributed by atoms with Crippen molar-refractivity contribution in [2.45, 2.75) is 12.5 Å². The minimum absolute atomic E-state index is 0.240. The van der Waals surface area contributed by atoms with Crippen LogP contribution in [0.1, 0.15) is 16.8 Å². The van der Waals surface area contributed by atoms with E-state index in [1.165, 1.54) is 6.07 Å². The number of carbonyl (C=O) groups is 3. The Morgan fingerprint density at radius 3 is 2.58 bits per heavy atom. The number of nitrogens with one attached hydrogen (secondary N) is 1. The number of rotatable bonds is 5. The number of benzene rings is 1. The molecule has 1 rings (SSSR count).